The van der Waals surface area contributed by atoms with Crippen molar-refractivity contribution in [2.24, 2.45) is 5.92 Å². The fraction of sp³-hybridized carbons (Fsp3) is 0.467. The summed E-state index contributed by atoms with van der Waals surface area (Å²) in [6.07, 6.45) is 1.12. The largest absolute Gasteiger partial charge is 0.399 e. The van der Waals surface area contributed by atoms with E-state index in [0.717, 1.165) is 31.1 Å². The molecule has 0 bridgehead atoms. The first-order valence-electron chi connectivity index (χ1n) is 6.75. The molecule has 1 aliphatic rings. The lowest BCUT2D eigenvalue weighted by Crippen LogP contribution is -2.33. The van der Waals surface area contributed by atoms with Crippen LogP contribution in [-0.2, 0) is 13.0 Å². The van der Waals surface area contributed by atoms with E-state index in [1.807, 2.05) is 6.07 Å². The molecule has 96 valence electrons. The van der Waals surface area contributed by atoms with E-state index >= 15 is 0 Å². The summed E-state index contributed by atoms with van der Waals surface area (Å²) in [5, 5.41) is 1.30. The smallest absolute Gasteiger partial charge is 0.0460 e. The number of nitrogens with one attached hydrogen (secondary N) is 1. The van der Waals surface area contributed by atoms with Crippen LogP contribution in [0.4, 0.5) is 5.69 Å². The van der Waals surface area contributed by atoms with Crippen LogP contribution in [0, 0.1) is 5.92 Å². The van der Waals surface area contributed by atoms with Crippen LogP contribution in [0.2, 0.25) is 0 Å². The number of benzene rings is 1. The highest BCUT2D eigenvalue weighted by molar-refractivity contribution is 5.87. The van der Waals surface area contributed by atoms with Gasteiger partial charge in [-0.25, -0.2) is 0 Å². The van der Waals surface area contributed by atoms with Gasteiger partial charge in [-0.15, -0.1) is 0 Å². The van der Waals surface area contributed by atoms with Gasteiger partial charge in [-0.1, -0.05) is 13.8 Å². The summed E-state index contributed by atoms with van der Waals surface area (Å²) >= 11 is 0. The van der Waals surface area contributed by atoms with Crippen LogP contribution in [0.3, 0.4) is 0 Å². The zero-order chi connectivity index (χ0) is 12.7. The van der Waals surface area contributed by atoms with Crippen molar-refractivity contribution in [3.63, 3.8) is 0 Å². The molecule has 1 aliphatic heterocycles. The van der Waals surface area contributed by atoms with Gasteiger partial charge in [0.1, 0.15) is 0 Å². The molecule has 0 radical (unpaired) electrons. The number of aromatic nitrogens is 1. The SMILES string of the molecule is CC(C)CN1CCc2[nH]c3ccc(N)cc3c2C1. The maximum atomic E-state index is 5.90. The van der Waals surface area contributed by atoms with Crippen molar-refractivity contribution in [1.29, 1.82) is 0 Å². The molecule has 0 saturated carbocycles. The number of aromatic amines is 1. The van der Waals surface area contributed by atoms with E-state index in [2.05, 4.69) is 35.9 Å². The van der Waals surface area contributed by atoms with Gasteiger partial charge in [0.15, 0.2) is 0 Å². The van der Waals surface area contributed by atoms with Gasteiger partial charge < -0.3 is 10.7 Å². The molecule has 18 heavy (non-hydrogen) atoms. The number of nitrogen functional groups attached to an aromatic ring is 1. The van der Waals surface area contributed by atoms with Gasteiger partial charge >= 0.3 is 0 Å². The molecule has 0 amide bonds. The lowest BCUT2D eigenvalue weighted by Gasteiger charge is -2.28. The Hall–Kier alpha value is -1.48. The third-order valence-electron chi connectivity index (χ3n) is 3.70. The molecule has 1 aromatic heterocycles. The van der Waals surface area contributed by atoms with E-state index in [0.29, 0.717) is 0 Å². The zero-order valence-corrected chi connectivity index (χ0v) is 11.2. The van der Waals surface area contributed by atoms with Crippen LogP contribution < -0.4 is 5.73 Å². The maximum Gasteiger partial charge on any atom is 0.0460 e. The number of rotatable bonds is 2. The van der Waals surface area contributed by atoms with Gasteiger partial charge in [-0.3, -0.25) is 4.90 Å². The molecular formula is C15H21N3. The molecule has 0 aliphatic carbocycles. The Kier molecular flexibility index (Phi) is 2.78. The Morgan fingerprint density at radius 1 is 1.39 bits per heavy atom. The first-order chi connectivity index (χ1) is 8.63. The van der Waals surface area contributed by atoms with E-state index in [1.54, 1.807) is 0 Å². The highest BCUT2D eigenvalue weighted by Gasteiger charge is 2.20. The van der Waals surface area contributed by atoms with Crippen molar-refractivity contribution < 1.29 is 0 Å². The van der Waals surface area contributed by atoms with Crippen LogP contribution in [0.5, 0.6) is 0 Å². The second-order valence-corrected chi connectivity index (χ2v) is 5.77. The molecule has 2 aromatic rings. The van der Waals surface area contributed by atoms with E-state index < -0.39 is 0 Å². The Bertz CT molecular complexity index is 568. The molecule has 0 atom stereocenters. The van der Waals surface area contributed by atoms with Crippen molar-refractivity contribution in [2.75, 3.05) is 18.8 Å². The van der Waals surface area contributed by atoms with Crippen molar-refractivity contribution in [2.45, 2.75) is 26.8 Å². The molecule has 2 heterocycles. The molecule has 3 rings (SSSR count). The summed E-state index contributed by atoms with van der Waals surface area (Å²) in [6.45, 7) is 7.95. The van der Waals surface area contributed by atoms with Gasteiger partial charge in [0, 0.05) is 48.3 Å². The quantitative estimate of drug-likeness (QED) is 0.797. The van der Waals surface area contributed by atoms with Crippen LogP contribution in [0.1, 0.15) is 25.1 Å². The predicted octanol–water partition coefficient (Wildman–Crippen LogP) is 2.76. The molecule has 3 nitrogen and oxygen atoms in total. The Balaban J connectivity index is 1.98. The van der Waals surface area contributed by atoms with Crippen molar-refractivity contribution >= 4 is 16.6 Å². The zero-order valence-electron chi connectivity index (χ0n) is 11.2. The number of fused-ring (bicyclic) bond motifs is 3. The third kappa shape index (κ3) is 1.99. The highest BCUT2D eigenvalue weighted by Crippen LogP contribution is 2.29. The maximum absolute atomic E-state index is 5.90. The standard InChI is InChI=1S/C15H21N3/c1-10(2)8-18-6-5-15-13(9-18)12-7-11(16)3-4-14(12)17-15/h3-4,7,10,17H,5-6,8-9,16H2,1-2H3. The Morgan fingerprint density at radius 3 is 3.00 bits per heavy atom. The van der Waals surface area contributed by atoms with E-state index in [1.165, 1.54) is 28.7 Å². The Labute approximate surface area is 108 Å². The lowest BCUT2D eigenvalue weighted by molar-refractivity contribution is 0.226. The van der Waals surface area contributed by atoms with Crippen molar-refractivity contribution in [3.8, 4) is 0 Å². The van der Waals surface area contributed by atoms with E-state index in [4.69, 9.17) is 5.73 Å². The third-order valence-corrected chi connectivity index (χ3v) is 3.70. The molecular weight excluding hydrogens is 222 g/mol. The summed E-state index contributed by atoms with van der Waals surface area (Å²) in [7, 11) is 0. The molecule has 1 aromatic carbocycles. The normalized spacial score (nSPS) is 16.4. The lowest BCUT2D eigenvalue weighted by atomic mass is 10.0. The summed E-state index contributed by atoms with van der Waals surface area (Å²) in [4.78, 5) is 6.08. The highest BCUT2D eigenvalue weighted by atomic mass is 15.1. The number of hydrogen-bond acceptors (Lipinski definition) is 2. The van der Waals surface area contributed by atoms with Crippen LogP contribution >= 0.6 is 0 Å². The van der Waals surface area contributed by atoms with Gasteiger partial charge in [0.05, 0.1) is 0 Å². The van der Waals surface area contributed by atoms with Crippen LogP contribution in [0.15, 0.2) is 18.2 Å². The number of nitrogens with zero attached hydrogens (tertiary/aromatic N) is 1. The average molecular weight is 243 g/mol. The minimum Gasteiger partial charge on any atom is -0.399 e. The minimum absolute atomic E-state index is 0.724. The van der Waals surface area contributed by atoms with Crippen molar-refractivity contribution in [3.05, 3.63) is 29.5 Å². The molecule has 3 N–H and O–H groups in total. The first kappa shape index (κ1) is 11.6. The topological polar surface area (TPSA) is 45.0 Å². The fourth-order valence-corrected chi connectivity index (χ4v) is 2.96. The number of anilines is 1. The second kappa shape index (κ2) is 4.32. The number of hydrogen-bond donors (Lipinski definition) is 2. The number of nitrogens with two attached hydrogens (primary N) is 1. The molecule has 0 saturated heterocycles. The molecule has 0 fully saturated rings. The first-order valence-corrected chi connectivity index (χ1v) is 6.75. The molecule has 0 unspecified atom stereocenters. The molecule has 3 heteroatoms. The van der Waals surface area contributed by atoms with Gasteiger partial charge in [0.2, 0.25) is 0 Å². The van der Waals surface area contributed by atoms with Crippen LogP contribution in [-0.4, -0.2) is 23.0 Å². The van der Waals surface area contributed by atoms with Crippen molar-refractivity contribution in [1.82, 2.24) is 9.88 Å². The minimum atomic E-state index is 0.724. The van der Waals surface area contributed by atoms with Crippen LogP contribution in [0.25, 0.3) is 10.9 Å². The summed E-state index contributed by atoms with van der Waals surface area (Å²) in [5.41, 5.74) is 10.8. The van der Waals surface area contributed by atoms with Gasteiger partial charge in [0.25, 0.3) is 0 Å². The van der Waals surface area contributed by atoms with Gasteiger partial charge in [-0.2, -0.15) is 0 Å². The molecule has 0 spiro atoms. The fourth-order valence-electron chi connectivity index (χ4n) is 2.96. The Morgan fingerprint density at radius 2 is 2.22 bits per heavy atom. The number of H-pyrrole nitrogens is 1. The monoisotopic (exact) mass is 243 g/mol. The van der Waals surface area contributed by atoms with E-state index in [-0.39, 0.29) is 0 Å². The summed E-state index contributed by atoms with van der Waals surface area (Å²) in [5.74, 6) is 0.724. The average Bonchev–Trinajstić information content (AvgIpc) is 2.66. The van der Waals surface area contributed by atoms with Gasteiger partial charge in [-0.05, 0) is 29.7 Å². The van der Waals surface area contributed by atoms with E-state index in [9.17, 15) is 0 Å². The second-order valence-electron chi connectivity index (χ2n) is 5.77. The predicted molar refractivity (Wildman–Crippen MR) is 76.5 cm³/mol. The summed E-state index contributed by atoms with van der Waals surface area (Å²) < 4.78 is 0. The summed E-state index contributed by atoms with van der Waals surface area (Å²) in [6, 6.07) is 6.16.